The van der Waals surface area contributed by atoms with Gasteiger partial charge in [0.25, 0.3) is 10.2 Å². The smallest absolute Gasteiger partial charge is 0.279 e. The van der Waals surface area contributed by atoms with Crippen molar-refractivity contribution in [1.29, 1.82) is 0 Å². The van der Waals surface area contributed by atoms with E-state index in [1.54, 1.807) is 0 Å². The van der Waals surface area contributed by atoms with Gasteiger partial charge in [-0.1, -0.05) is 6.92 Å². The lowest BCUT2D eigenvalue weighted by Crippen LogP contribution is -2.46. The van der Waals surface area contributed by atoms with E-state index in [9.17, 15) is 13.2 Å². The van der Waals surface area contributed by atoms with E-state index in [1.165, 1.54) is 4.31 Å². The topological polar surface area (TPSA) is 92.5 Å². The number of carbonyl (C=O) groups excluding carboxylic acids is 1. The van der Waals surface area contributed by atoms with Gasteiger partial charge >= 0.3 is 0 Å². The molecule has 1 aliphatic rings. The van der Waals surface area contributed by atoms with Crippen LogP contribution in [0.5, 0.6) is 0 Å². The van der Waals surface area contributed by atoms with E-state index in [2.05, 4.69) is 4.72 Å². The second-order valence-electron chi connectivity index (χ2n) is 3.98. The van der Waals surface area contributed by atoms with Gasteiger partial charge in [-0.3, -0.25) is 4.79 Å². The van der Waals surface area contributed by atoms with Crippen molar-refractivity contribution < 1.29 is 13.2 Å². The Morgan fingerprint density at radius 1 is 1.44 bits per heavy atom. The number of primary amides is 1. The molecule has 0 aromatic carbocycles. The lowest BCUT2D eigenvalue weighted by Gasteiger charge is -2.29. The van der Waals surface area contributed by atoms with Gasteiger partial charge in [0.15, 0.2) is 0 Å². The van der Waals surface area contributed by atoms with Crippen molar-refractivity contribution in [3.63, 3.8) is 0 Å². The number of piperidine rings is 1. The van der Waals surface area contributed by atoms with E-state index < -0.39 is 10.2 Å². The Morgan fingerprint density at radius 3 is 2.44 bits per heavy atom. The first-order valence-corrected chi connectivity index (χ1v) is 6.95. The number of nitrogens with two attached hydrogens (primary N) is 1. The van der Waals surface area contributed by atoms with Gasteiger partial charge < -0.3 is 5.73 Å². The summed E-state index contributed by atoms with van der Waals surface area (Å²) in [4.78, 5) is 10.9. The molecule has 1 saturated heterocycles. The second-order valence-corrected chi connectivity index (χ2v) is 5.73. The van der Waals surface area contributed by atoms with Crippen molar-refractivity contribution in [2.75, 3.05) is 19.6 Å². The van der Waals surface area contributed by atoms with E-state index in [-0.39, 0.29) is 11.8 Å². The molecule has 0 aromatic rings. The molecule has 0 bridgehead atoms. The Hall–Kier alpha value is -0.660. The number of nitrogens with zero attached hydrogens (tertiary/aromatic N) is 1. The molecule has 0 aromatic heterocycles. The van der Waals surface area contributed by atoms with Crippen molar-refractivity contribution in [3.8, 4) is 0 Å². The van der Waals surface area contributed by atoms with Crippen LogP contribution in [0.1, 0.15) is 26.2 Å². The average molecular weight is 249 g/mol. The van der Waals surface area contributed by atoms with Crippen LogP contribution in [0.4, 0.5) is 0 Å². The van der Waals surface area contributed by atoms with Gasteiger partial charge in [0, 0.05) is 25.6 Å². The monoisotopic (exact) mass is 249 g/mol. The highest BCUT2D eigenvalue weighted by molar-refractivity contribution is 7.87. The minimum absolute atomic E-state index is 0.183. The normalized spacial score (nSPS) is 19.8. The number of hydrogen-bond donors (Lipinski definition) is 2. The van der Waals surface area contributed by atoms with Crippen LogP contribution in [0, 0.1) is 5.92 Å². The molecule has 16 heavy (non-hydrogen) atoms. The van der Waals surface area contributed by atoms with Crippen molar-refractivity contribution >= 4 is 16.1 Å². The summed E-state index contributed by atoms with van der Waals surface area (Å²) in [6.07, 6.45) is 1.79. The Morgan fingerprint density at radius 2 is 2.00 bits per heavy atom. The summed E-state index contributed by atoms with van der Waals surface area (Å²) in [6.45, 7) is 3.08. The fraction of sp³-hybridized carbons (Fsp3) is 0.889. The zero-order chi connectivity index (χ0) is 12.2. The van der Waals surface area contributed by atoms with E-state index in [0.717, 1.165) is 6.42 Å². The third kappa shape index (κ3) is 3.43. The fourth-order valence-corrected chi connectivity index (χ4v) is 3.04. The van der Waals surface area contributed by atoms with Crippen LogP contribution in [0.25, 0.3) is 0 Å². The Bertz CT molecular complexity index is 334. The molecule has 0 radical (unpaired) electrons. The summed E-state index contributed by atoms with van der Waals surface area (Å²) in [5.74, 6) is -0.517. The maximum atomic E-state index is 11.7. The maximum Gasteiger partial charge on any atom is 0.279 e. The lowest BCUT2D eigenvalue weighted by molar-refractivity contribution is -0.122. The van der Waals surface area contributed by atoms with Gasteiger partial charge in [0.2, 0.25) is 5.91 Å². The molecule has 1 aliphatic heterocycles. The van der Waals surface area contributed by atoms with Crippen molar-refractivity contribution in [2.24, 2.45) is 11.7 Å². The summed E-state index contributed by atoms with van der Waals surface area (Å²) in [6, 6.07) is 0. The highest BCUT2D eigenvalue weighted by atomic mass is 32.2. The summed E-state index contributed by atoms with van der Waals surface area (Å²) in [5, 5.41) is 0. The third-order valence-corrected chi connectivity index (χ3v) is 4.34. The zero-order valence-corrected chi connectivity index (χ0v) is 10.3. The summed E-state index contributed by atoms with van der Waals surface area (Å²) in [7, 11) is -3.36. The molecular formula is C9H19N3O3S. The summed E-state index contributed by atoms with van der Waals surface area (Å²) < 4.78 is 27.3. The molecule has 3 N–H and O–H groups in total. The van der Waals surface area contributed by atoms with E-state index in [0.29, 0.717) is 32.5 Å². The predicted molar refractivity (Wildman–Crippen MR) is 60.7 cm³/mol. The van der Waals surface area contributed by atoms with Crippen LogP contribution >= 0.6 is 0 Å². The molecule has 1 fully saturated rings. The zero-order valence-electron chi connectivity index (χ0n) is 9.48. The highest BCUT2D eigenvalue weighted by Crippen LogP contribution is 2.18. The maximum absolute atomic E-state index is 11.7. The van der Waals surface area contributed by atoms with Crippen LogP contribution in [0.3, 0.4) is 0 Å². The first-order valence-electron chi connectivity index (χ1n) is 5.51. The number of amides is 1. The number of rotatable bonds is 5. The largest absolute Gasteiger partial charge is 0.369 e. The molecule has 0 spiro atoms. The minimum atomic E-state index is -3.36. The van der Waals surface area contributed by atoms with Gasteiger partial charge in [-0.15, -0.1) is 0 Å². The molecule has 1 amide bonds. The third-order valence-electron chi connectivity index (χ3n) is 2.73. The first kappa shape index (κ1) is 13.4. The Kier molecular flexibility index (Phi) is 4.69. The van der Waals surface area contributed by atoms with Gasteiger partial charge in [-0.2, -0.15) is 12.7 Å². The van der Waals surface area contributed by atoms with E-state index in [1.807, 2.05) is 6.92 Å². The van der Waals surface area contributed by atoms with Crippen LogP contribution in [-0.2, 0) is 15.0 Å². The summed E-state index contributed by atoms with van der Waals surface area (Å²) >= 11 is 0. The standard InChI is InChI=1S/C9H19N3O3S/c1-2-5-11-16(14,15)12-6-3-8(4-7-12)9(10)13/h8,11H,2-7H2,1H3,(H2,10,13). The van der Waals surface area contributed by atoms with Crippen LogP contribution in [-0.4, -0.2) is 38.3 Å². The molecule has 0 saturated carbocycles. The molecule has 0 unspecified atom stereocenters. The minimum Gasteiger partial charge on any atom is -0.369 e. The number of carbonyl (C=O) groups is 1. The van der Waals surface area contributed by atoms with Crippen molar-refractivity contribution in [1.82, 2.24) is 9.03 Å². The van der Waals surface area contributed by atoms with Gasteiger partial charge in [-0.25, -0.2) is 4.72 Å². The molecule has 1 rings (SSSR count). The average Bonchev–Trinajstić information content (AvgIpc) is 2.26. The van der Waals surface area contributed by atoms with Crippen LogP contribution in [0.2, 0.25) is 0 Å². The second kappa shape index (κ2) is 5.60. The van der Waals surface area contributed by atoms with Crippen molar-refractivity contribution in [3.05, 3.63) is 0 Å². The molecule has 0 atom stereocenters. The summed E-state index contributed by atoms with van der Waals surface area (Å²) in [5.41, 5.74) is 5.18. The van der Waals surface area contributed by atoms with Crippen LogP contribution in [0.15, 0.2) is 0 Å². The predicted octanol–water partition coefficient (Wildman–Crippen LogP) is -0.572. The van der Waals surface area contributed by atoms with Gasteiger partial charge in [0.05, 0.1) is 0 Å². The number of hydrogen-bond acceptors (Lipinski definition) is 3. The SMILES string of the molecule is CCCNS(=O)(=O)N1CCC(C(N)=O)CC1. The molecule has 0 aliphatic carbocycles. The Labute approximate surface area is 96.4 Å². The number of nitrogens with one attached hydrogen (secondary N) is 1. The van der Waals surface area contributed by atoms with Gasteiger partial charge in [-0.05, 0) is 19.3 Å². The lowest BCUT2D eigenvalue weighted by atomic mass is 9.98. The van der Waals surface area contributed by atoms with E-state index >= 15 is 0 Å². The molecule has 6 nitrogen and oxygen atoms in total. The quantitative estimate of drug-likeness (QED) is 0.683. The van der Waals surface area contributed by atoms with E-state index in [4.69, 9.17) is 5.73 Å². The first-order chi connectivity index (χ1) is 7.47. The van der Waals surface area contributed by atoms with Crippen molar-refractivity contribution in [2.45, 2.75) is 26.2 Å². The molecule has 1 heterocycles. The molecular weight excluding hydrogens is 230 g/mol. The molecule has 7 heteroatoms. The highest BCUT2D eigenvalue weighted by Gasteiger charge is 2.29. The molecule has 94 valence electrons. The fourth-order valence-electron chi connectivity index (χ4n) is 1.70. The Balaban J connectivity index is 2.50. The van der Waals surface area contributed by atoms with Crippen LogP contribution < -0.4 is 10.5 Å². The van der Waals surface area contributed by atoms with Gasteiger partial charge in [0.1, 0.15) is 0 Å².